The summed E-state index contributed by atoms with van der Waals surface area (Å²) < 4.78 is 39.9. The van der Waals surface area contributed by atoms with Crippen molar-refractivity contribution in [3.63, 3.8) is 0 Å². The van der Waals surface area contributed by atoms with Crippen LogP contribution < -0.4 is 21.5 Å². The first-order chi connectivity index (χ1) is 9.26. The molecule has 0 bridgehead atoms. The number of alkyl halides is 3. The summed E-state index contributed by atoms with van der Waals surface area (Å²) in [5.74, 6) is -0.0942. The Kier molecular flexibility index (Phi) is 3.58. The number of guanidine groups is 1. The van der Waals surface area contributed by atoms with Crippen molar-refractivity contribution in [2.45, 2.75) is 18.4 Å². The average Bonchev–Trinajstić information content (AvgIpc) is 2.29. The molecule has 1 aliphatic heterocycles. The lowest BCUT2D eigenvalue weighted by Gasteiger charge is -2.25. The summed E-state index contributed by atoms with van der Waals surface area (Å²) in [6.45, 7) is 0. The van der Waals surface area contributed by atoms with Gasteiger partial charge in [0.1, 0.15) is 11.4 Å². The van der Waals surface area contributed by atoms with Crippen LogP contribution in [-0.4, -0.2) is 18.0 Å². The van der Waals surface area contributed by atoms with Crippen LogP contribution in [0.2, 0.25) is 0 Å². The number of nitrogens with one attached hydrogen (secondary N) is 1. The molecule has 0 radical (unpaired) electrons. The largest absolute Gasteiger partial charge is 0.573 e. The van der Waals surface area contributed by atoms with E-state index in [-0.39, 0.29) is 11.7 Å². The fourth-order valence-electron chi connectivity index (χ4n) is 1.80. The highest BCUT2D eigenvalue weighted by atomic mass is 19.4. The van der Waals surface area contributed by atoms with E-state index in [0.717, 1.165) is 0 Å². The molecule has 0 spiro atoms. The second kappa shape index (κ2) is 5.04. The normalized spacial score (nSPS) is 22.1. The van der Waals surface area contributed by atoms with Crippen molar-refractivity contribution < 1.29 is 17.9 Å². The Hall–Kier alpha value is -2.22. The van der Waals surface area contributed by atoms with Crippen molar-refractivity contribution >= 4 is 5.96 Å². The molecule has 2 rings (SSSR count). The Balaban J connectivity index is 2.08. The van der Waals surface area contributed by atoms with E-state index in [0.29, 0.717) is 12.0 Å². The van der Waals surface area contributed by atoms with Gasteiger partial charge in [0.05, 0.1) is 0 Å². The smallest absolute Gasteiger partial charge is 0.406 e. The molecule has 5 N–H and O–H groups in total. The molecule has 5 nitrogen and oxygen atoms in total. The van der Waals surface area contributed by atoms with Crippen LogP contribution in [0.15, 0.2) is 41.5 Å². The van der Waals surface area contributed by atoms with Crippen molar-refractivity contribution in [3.8, 4) is 5.75 Å². The molecule has 1 aromatic carbocycles. The molecule has 1 unspecified atom stereocenters. The van der Waals surface area contributed by atoms with E-state index in [4.69, 9.17) is 11.5 Å². The first kappa shape index (κ1) is 14.2. The lowest BCUT2D eigenvalue weighted by atomic mass is 10.0. The maximum atomic E-state index is 12.0. The number of aliphatic imine (C=N–C) groups is 1. The van der Waals surface area contributed by atoms with Gasteiger partial charge in [0.2, 0.25) is 0 Å². The van der Waals surface area contributed by atoms with Gasteiger partial charge in [0.15, 0.2) is 5.96 Å². The topological polar surface area (TPSA) is 85.7 Å². The van der Waals surface area contributed by atoms with Gasteiger partial charge in [0, 0.05) is 12.6 Å². The summed E-state index contributed by atoms with van der Waals surface area (Å²) in [4.78, 5) is 4.05. The zero-order valence-corrected chi connectivity index (χ0v) is 10.3. The summed E-state index contributed by atoms with van der Waals surface area (Å²) in [5.41, 5.74) is 11.2. The van der Waals surface area contributed by atoms with Crippen molar-refractivity contribution in [3.05, 3.63) is 42.1 Å². The number of rotatable bonds is 3. The molecule has 0 amide bonds. The number of halogens is 3. The number of nitrogens with two attached hydrogens (primary N) is 2. The monoisotopic (exact) mass is 286 g/mol. The third-order valence-corrected chi connectivity index (χ3v) is 2.58. The summed E-state index contributed by atoms with van der Waals surface area (Å²) in [5, 5.41) is 2.68. The lowest BCUT2D eigenvalue weighted by Crippen LogP contribution is -2.45. The first-order valence-electron chi connectivity index (χ1n) is 5.69. The summed E-state index contributed by atoms with van der Waals surface area (Å²) in [6.07, 6.45) is -1.20. The SMILES string of the molecule is NC1=NC(N)(Cc2ccc(OC(F)(F)F)cc2)C=CN1. The fraction of sp³-hybridized carbons (Fsp3) is 0.250. The Morgan fingerprint density at radius 3 is 2.45 bits per heavy atom. The van der Waals surface area contributed by atoms with Gasteiger partial charge in [-0.05, 0) is 23.8 Å². The molecule has 0 aromatic heterocycles. The van der Waals surface area contributed by atoms with Gasteiger partial charge < -0.3 is 21.5 Å². The van der Waals surface area contributed by atoms with E-state index in [2.05, 4.69) is 15.0 Å². The second-order valence-corrected chi connectivity index (χ2v) is 4.33. The minimum atomic E-state index is -4.70. The molecule has 1 atom stereocenters. The van der Waals surface area contributed by atoms with E-state index in [9.17, 15) is 13.2 Å². The van der Waals surface area contributed by atoms with E-state index in [1.54, 1.807) is 12.3 Å². The Morgan fingerprint density at radius 2 is 1.90 bits per heavy atom. The quantitative estimate of drug-likeness (QED) is 0.779. The molecule has 8 heteroatoms. The molecular formula is C12H13F3N4O. The van der Waals surface area contributed by atoms with Crippen LogP contribution in [0.4, 0.5) is 13.2 Å². The highest BCUT2D eigenvalue weighted by Crippen LogP contribution is 2.24. The van der Waals surface area contributed by atoms with Crippen LogP contribution in [0.5, 0.6) is 5.75 Å². The van der Waals surface area contributed by atoms with Gasteiger partial charge >= 0.3 is 6.36 Å². The minimum Gasteiger partial charge on any atom is -0.406 e. The molecule has 0 saturated carbocycles. The first-order valence-corrected chi connectivity index (χ1v) is 5.69. The van der Waals surface area contributed by atoms with Crippen LogP contribution in [-0.2, 0) is 6.42 Å². The van der Waals surface area contributed by atoms with E-state index in [1.165, 1.54) is 24.3 Å². The maximum Gasteiger partial charge on any atom is 0.573 e. The molecule has 20 heavy (non-hydrogen) atoms. The average molecular weight is 286 g/mol. The summed E-state index contributed by atoms with van der Waals surface area (Å²) in [6, 6.07) is 5.45. The molecule has 0 aliphatic carbocycles. The lowest BCUT2D eigenvalue weighted by molar-refractivity contribution is -0.274. The number of hydrogen-bond donors (Lipinski definition) is 3. The molecule has 1 heterocycles. The van der Waals surface area contributed by atoms with Crippen LogP contribution in [0.25, 0.3) is 0 Å². The number of hydrogen-bond acceptors (Lipinski definition) is 5. The summed E-state index contributed by atoms with van der Waals surface area (Å²) in [7, 11) is 0. The van der Waals surface area contributed by atoms with Crippen molar-refractivity contribution in [1.82, 2.24) is 5.32 Å². The molecule has 108 valence electrons. The van der Waals surface area contributed by atoms with E-state index >= 15 is 0 Å². The van der Waals surface area contributed by atoms with Crippen LogP contribution in [0.1, 0.15) is 5.56 Å². The molecule has 0 fully saturated rings. The predicted molar refractivity (Wildman–Crippen MR) is 67.6 cm³/mol. The third-order valence-electron chi connectivity index (χ3n) is 2.58. The van der Waals surface area contributed by atoms with Crippen molar-refractivity contribution in [1.29, 1.82) is 0 Å². The number of ether oxygens (including phenoxy) is 1. The third kappa shape index (κ3) is 3.89. The molecule has 1 aliphatic rings. The zero-order chi connectivity index (χ0) is 14.8. The highest BCUT2D eigenvalue weighted by Gasteiger charge is 2.31. The fourth-order valence-corrected chi connectivity index (χ4v) is 1.80. The Morgan fingerprint density at radius 1 is 1.25 bits per heavy atom. The zero-order valence-electron chi connectivity index (χ0n) is 10.3. The standard InChI is InChI=1S/C12H13F3N4O/c13-12(14,15)20-9-3-1-8(2-4-9)7-11(17)5-6-18-10(16)19-11/h1-6H,7,17H2,(H3,16,18,19). The predicted octanol–water partition coefficient (Wildman–Crippen LogP) is 1.21. The summed E-state index contributed by atoms with van der Waals surface area (Å²) >= 11 is 0. The van der Waals surface area contributed by atoms with Gasteiger partial charge in [-0.2, -0.15) is 0 Å². The van der Waals surface area contributed by atoms with Crippen molar-refractivity contribution in [2.24, 2.45) is 16.5 Å². The van der Waals surface area contributed by atoms with Gasteiger partial charge in [-0.25, -0.2) is 4.99 Å². The van der Waals surface area contributed by atoms with Crippen LogP contribution in [0, 0.1) is 0 Å². The van der Waals surface area contributed by atoms with Crippen LogP contribution >= 0.6 is 0 Å². The van der Waals surface area contributed by atoms with Crippen molar-refractivity contribution in [2.75, 3.05) is 0 Å². The minimum absolute atomic E-state index is 0.187. The Labute approximate surface area is 113 Å². The maximum absolute atomic E-state index is 12.0. The van der Waals surface area contributed by atoms with Gasteiger partial charge in [-0.1, -0.05) is 12.1 Å². The second-order valence-electron chi connectivity index (χ2n) is 4.33. The van der Waals surface area contributed by atoms with E-state index < -0.39 is 12.0 Å². The molecule has 0 saturated heterocycles. The van der Waals surface area contributed by atoms with Gasteiger partial charge in [-0.15, -0.1) is 13.2 Å². The number of nitrogens with zero attached hydrogens (tertiary/aromatic N) is 1. The van der Waals surface area contributed by atoms with Gasteiger partial charge in [-0.3, -0.25) is 0 Å². The van der Waals surface area contributed by atoms with E-state index in [1.807, 2.05) is 0 Å². The highest BCUT2D eigenvalue weighted by molar-refractivity contribution is 5.80. The molecule has 1 aromatic rings. The molecular weight excluding hydrogens is 273 g/mol. The van der Waals surface area contributed by atoms with Crippen LogP contribution in [0.3, 0.4) is 0 Å². The van der Waals surface area contributed by atoms with Gasteiger partial charge in [0.25, 0.3) is 0 Å². The Bertz CT molecular complexity index is 539. The number of benzene rings is 1.